The van der Waals surface area contributed by atoms with Gasteiger partial charge in [-0.1, -0.05) is 257 Å². The normalized spacial score (nSPS) is 12.5. The molecule has 0 spiro atoms. The Morgan fingerprint density at radius 2 is 0.632 bits per heavy atom. The zero-order valence-corrected chi connectivity index (χ0v) is 82.4. The zero-order chi connectivity index (χ0) is 104. The summed E-state index contributed by atoms with van der Waals surface area (Å²) in [4.78, 5) is 198. The molecule has 8 rings (SSSR count). The van der Waals surface area contributed by atoms with Gasteiger partial charge >= 0.3 is 23.9 Å². The maximum atomic E-state index is 14.4. The Bertz CT molecular complexity index is 5380. The number of carbonyl (C=O) groups is 14. The minimum atomic E-state index is -1.65. The molecular formula is C102H134N22O20. The van der Waals surface area contributed by atoms with Crippen molar-refractivity contribution in [2.45, 2.75) is 245 Å². The smallest absolute Gasteiger partial charge is 0.308 e. The van der Waals surface area contributed by atoms with Crippen molar-refractivity contribution < 1.29 is 95.5 Å². The first-order valence-electron chi connectivity index (χ1n) is 48.4. The summed E-state index contributed by atoms with van der Waals surface area (Å²) in [5.74, 6) is -10.6. The summed E-state index contributed by atoms with van der Waals surface area (Å²) < 4.78 is 35.9. The van der Waals surface area contributed by atoms with Gasteiger partial charge in [-0.05, 0) is 108 Å². The fourth-order valence-electron chi connectivity index (χ4n) is 14.3. The van der Waals surface area contributed by atoms with Crippen molar-refractivity contribution in [3.8, 4) is 0 Å². The van der Waals surface area contributed by atoms with E-state index >= 15 is 0 Å². The van der Waals surface area contributed by atoms with E-state index in [0.717, 1.165) is 18.4 Å². The summed E-state index contributed by atoms with van der Waals surface area (Å²) >= 11 is 0. The molecule has 0 radical (unpaired) electrons. The zero-order valence-electron chi connectivity index (χ0n) is 82.4. The monoisotopic (exact) mass is 1990 g/mol. The molecule has 2 heterocycles. The SMILES string of the molecule is CCCCCNC(=O)[C@H](CC(=O)OCc1ccccc1)NC(=O)[C@@H](CC(=O)OCc1ccccc1)NC(=O)[C@H](CC(C)C)NC(=O)[C@@H](Cc1ccccc1)NC(=O)CCCc1cn(CCOCCN=[N+]=[N-])nn1.CCCNC(=O)[C@H](CC(=O)OCc1ccccc1)NC(=O)[C@@H](CC(=O)OCc1ccccc1)NC(=O)[C@H](Cc1ccccc1)NC(=O)[C@@H](CC(C)C)NC(=O)CCCc1cn(CCOCCN=[N+]=[N-])nn1. The highest BCUT2D eigenvalue weighted by Gasteiger charge is 2.38. The lowest BCUT2D eigenvalue weighted by Gasteiger charge is -2.27. The molecule has 42 nitrogen and oxygen atoms in total. The van der Waals surface area contributed by atoms with Gasteiger partial charge in [0, 0.05) is 74.1 Å². The molecule has 42 heteroatoms. The molecule has 0 aliphatic heterocycles. The predicted octanol–water partition coefficient (Wildman–Crippen LogP) is 8.68. The molecule has 8 atom stereocenters. The number of azide groups is 2. The molecule has 8 aromatic rings. The third kappa shape index (κ3) is 47.8. The molecule has 772 valence electrons. The van der Waals surface area contributed by atoms with Crippen molar-refractivity contribution >= 4 is 82.9 Å². The van der Waals surface area contributed by atoms with Crippen LogP contribution in [0.3, 0.4) is 0 Å². The second-order valence-electron chi connectivity index (χ2n) is 34.7. The number of amides is 10. The van der Waals surface area contributed by atoms with Gasteiger partial charge in [-0.2, -0.15) is 0 Å². The maximum Gasteiger partial charge on any atom is 0.308 e. The van der Waals surface area contributed by atoms with Gasteiger partial charge in [0.05, 0.1) is 76.6 Å². The van der Waals surface area contributed by atoms with Crippen LogP contribution >= 0.6 is 0 Å². The molecule has 6 aromatic carbocycles. The van der Waals surface area contributed by atoms with Crippen molar-refractivity contribution in [3.63, 3.8) is 0 Å². The predicted molar refractivity (Wildman–Crippen MR) is 529 cm³/mol. The number of aromatic nitrogens is 6. The average Bonchev–Trinajstić information content (AvgIpc) is 1.12. The first kappa shape index (κ1) is 116. The van der Waals surface area contributed by atoms with Crippen molar-refractivity contribution in [2.24, 2.45) is 22.1 Å². The number of nitrogens with zero attached hydrogens (tertiary/aromatic N) is 12. The number of ether oxygens (including phenoxy) is 6. The number of benzene rings is 6. The van der Waals surface area contributed by atoms with Crippen LogP contribution in [0.15, 0.2) is 205 Å². The molecule has 0 fully saturated rings. The number of rotatable bonds is 66. The third-order valence-electron chi connectivity index (χ3n) is 21.7. The number of hydrogen-bond donors (Lipinski definition) is 10. The molecule has 0 saturated carbocycles. The Balaban J connectivity index is 0.000000391. The Morgan fingerprint density at radius 1 is 0.340 bits per heavy atom. The molecule has 0 aliphatic rings. The Labute approximate surface area is 837 Å². The van der Waals surface area contributed by atoms with Gasteiger partial charge < -0.3 is 81.6 Å². The summed E-state index contributed by atoms with van der Waals surface area (Å²) in [5, 5.41) is 50.3. The first-order chi connectivity index (χ1) is 69.6. The van der Waals surface area contributed by atoms with E-state index in [1.165, 1.54) is 0 Å². The maximum absolute atomic E-state index is 14.4. The highest BCUT2D eigenvalue weighted by Crippen LogP contribution is 2.18. The number of esters is 4. The highest BCUT2D eigenvalue weighted by molar-refractivity contribution is 6.00. The summed E-state index contributed by atoms with van der Waals surface area (Å²) in [6, 6.07) is 42.4. The lowest BCUT2D eigenvalue weighted by molar-refractivity contribution is -0.149. The van der Waals surface area contributed by atoms with Gasteiger partial charge in [0.1, 0.15) is 74.8 Å². The average molecular weight is 1990 g/mol. The van der Waals surface area contributed by atoms with Crippen molar-refractivity contribution in [1.29, 1.82) is 0 Å². The van der Waals surface area contributed by atoms with Crippen molar-refractivity contribution in [2.75, 3.05) is 52.6 Å². The molecule has 10 N–H and O–H groups in total. The van der Waals surface area contributed by atoms with E-state index in [9.17, 15) is 67.1 Å². The molecule has 0 aliphatic carbocycles. The van der Waals surface area contributed by atoms with Crippen LogP contribution in [0.5, 0.6) is 0 Å². The number of unbranched alkanes of at least 4 members (excludes halogenated alkanes) is 2. The van der Waals surface area contributed by atoms with Crippen LogP contribution in [-0.4, -0.2) is 214 Å². The summed E-state index contributed by atoms with van der Waals surface area (Å²) in [6.45, 7) is 13.9. The lowest BCUT2D eigenvalue weighted by Crippen LogP contribution is -2.59. The Hall–Kier alpha value is -15.3. The van der Waals surface area contributed by atoms with Gasteiger partial charge in [-0.15, -0.1) is 10.2 Å². The largest absolute Gasteiger partial charge is 0.461 e. The van der Waals surface area contributed by atoms with Gasteiger partial charge in [0.25, 0.3) is 0 Å². The van der Waals surface area contributed by atoms with E-state index in [1.54, 1.807) is 186 Å². The lowest BCUT2D eigenvalue weighted by atomic mass is 10.00. The van der Waals surface area contributed by atoms with Crippen LogP contribution in [0, 0.1) is 11.8 Å². The van der Waals surface area contributed by atoms with E-state index in [0.29, 0.717) is 104 Å². The van der Waals surface area contributed by atoms with Gasteiger partial charge in [-0.3, -0.25) is 67.1 Å². The third-order valence-corrected chi connectivity index (χ3v) is 21.7. The Kier molecular flexibility index (Phi) is 54.0. The molecule has 144 heavy (non-hydrogen) atoms. The van der Waals surface area contributed by atoms with E-state index in [4.69, 9.17) is 39.5 Å². The molecule has 0 saturated heterocycles. The first-order valence-corrected chi connectivity index (χ1v) is 48.4. The number of hydrogen-bond acceptors (Lipinski definition) is 26. The van der Waals surface area contributed by atoms with Crippen molar-refractivity contribution in [1.82, 2.24) is 83.2 Å². The fourth-order valence-corrected chi connectivity index (χ4v) is 14.3. The van der Waals surface area contributed by atoms with E-state index < -0.39 is 157 Å². The van der Waals surface area contributed by atoms with E-state index in [2.05, 4.69) is 93.8 Å². The minimum Gasteiger partial charge on any atom is -0.461 e. The van der Waals surface area contributed by atoms with Crippen molar-refractivity contribution in [3.05, 3.63) is 260 Å². The second-order valence-corrected chi connectivity index (χ2v) is 34.7. The second kappa shape index (κ2) is 67.2. The molecule has 2 aromatic heterocycles. The van der Waals surface area contributed by atoms with Crippen LogP contribution in [0.2, 0.25) is 0 Å². The van der Waals surface area contributed by atoms with Gasteiger partial charge in [0.2, 0.25) is 59.1 Å². The van der Waals surface area contributed by atoms with Crippen LogP contribution < -0.4 is 53.2 Å². The summed E-state index contributed by atoms with van der Waals surface area (Å²) in [7, 11) is 0. The van der Waals surface area contributed by atoms with Gasteiger partial charge in [-0.25, -0.2) is 9.36 Å². The molecule has 10 amide bonds. The molecular weight excluding hydrogens is 1850 g/mol. The van der Waals surface area contributed by atoms with E-state index in [-0.39, 0.29) is 116 Å². The summed E-state index contributed by atoms with van der Waals surface area (Å²) in [5.41, 5.74) is 22.2. The molecule has 0 bridgehead atoms. The highest BCUT2D eigenvalue weighted by atomic mass is 16.5. The van der Waals surface area contributed by atoms with Crippen LogP contribution in [0.1, 0.15) is 176 Å². The Morgan fingerprint density at radius 3 is 0.965 bits per heavy atom. The topological polar surface area (TPSA) is 574 Å². The van der Waals surface area contributed by atoms with Crippen LogP contribution in [-0.2, 0) is 161 Å². The number of nitrogens with one attached hydrogen (secondary N) is 10. The number of aryl methyl sites for hydroxylation is 2. The van der Waals surface area contributed by atoms with Gasteiger partial charge in [0.15, 0.2) is 0 Å². The molecule has 0 unspecified atom stereocenters. The minimum absolute atomic E-state index is 0.0452. The van der Waals surface area contributed by atoms with Crippen LogP contribution in [0.25, 0.3) is 20.9 Å². The fraction of sp³-hybridized carbons (Fsp3) is 0.471. The summed E-state index contributed by atoms with van der Waals surface area (Å²) in [6.07, 6.45) is 6.04. The number of carbonyl (C=O) groups excluding carboxylic acids is 14. The quantitative estimate of drug-likeness (QED) is 0.00425. The van der Waals surface area contributed by atoms with E-state index in [1.807, 2.05) is 59.7 Å². The standard InChI is InChI=1S/C52H69N11O10.C50H65N11O10/c1-4-5-15-25-54-49(67)44(32-47(65)72-35-39-19-11-7-12-20-39)58-52(70)45(33-48(66)73-36-40-21-13-8-14-22-40)59-50(68)42(30-37(2)3)57-51(69)43(31-38-17-9-6-10-18-38)56-46(64)24-16-23-41-34-63(62-60-41)27-29-71-28-26-55-61-53;1-4-23-52-47(65)42(30-45(63)70-33-37-17-10-6-11-18-37)56-50(68)43(31-46(64)71-34-38-19-12-7-13-20-38)57-49(67)41(29-36-15-8-5-9-16-36)55-48(66)40(28-35(2)3)54-44(62)22-14-21-39-32-61(60-58-39)25-27-69-26-24-53-59-51/h6-14,17-22,34,37,42-45H,4-5,15-16,23-33,35-36H2,1-3H3,(H,54,67)(H,56,64)(H,57,69)(H,58,70)(H,59,68);5-13,15-20,32,35,40-43H,4,14,21-31,33-34H2,1-3H3,(H,52,65)(H,54,62)(H,55,66)(H,56,68)(H,57,67)/t42-,43+,44-,45+;40-,41+,42+,43-/m01/s1. The van der Waals surface area contributed by atoms with Crippen LogP contribution in [0.4, 0.5) is 0 Å².